The van der Waals surface area contributed by atoms with Crippen LogP contribution in [-0.2, 0) is 13.5 Å². The molecule has 7 heteroatoms. The highest BCUT2D eigenvalue weighted by Crippen LogP contribution is 2.26. The first-order valence-corrected chi connectivity index (χ1v) is 8.23. The Morgan fingerprint density at radius 3 is 2.58 bits per heavy atom. The smallest absolute Gasteiger partial charge is 0.336 e. The molecule has 6 nitrogen and oxygen atoms in total. The summed E-state index contributed by atoms with van der Waals surface area (Å²) >= 11 is 6.43. The van der Waals surface area contributed by atoms with Crippen LogP contribution in [0, 0.1) is 0 Å². The largest absolute Gasteiger partial charge is 0.337 e. The van der Waals surface area contributed by atoms with Crippen molar-refractivity contribution in [1.82, 2.24) is 19.1 Å². The number of rotatable bonds is 3. The van der Waals surface area contributed by atoms with Crippen LogP contribution >= 0.6 is 11.6 Å². The van der Waals surface area contributed by atoms with Gasteiger partial charge >= 0.3 is 5.69 Å². The number of fused-ring (bicyclic) bond motifs is 1. The van der Waals surface area contributed by atoms with Crippen molar-refractivity contribution < 1.29 is 0 Å². The Kier molecular flexibility index (Phi) is 4.09. The minimum absolute atomic E-state index is 0.304. The van der Waals surface area contributed by atoms with Gasteiger partial charge in [-0.2, -0.15) is 0 Å². The third-order valence-electron chi connectivity index (χ3n) is 4.16. The summed E-state index contributed by atoms with van der Waals surface area (Å²) in [5.74, 6) is 0.974. The fourth-order valence-electron chi connectivity index (χ4n) is 2.67. The van der Waals surface area contributed by atoms with Gasteiger partial charge in [0.15, 0.2) is 5.65 Å². The van der Waals surface area contributed by atoms with Crippen LogP contribution in [0.4, 0.5) is 0 Å². The van der Waals surface area contributed by atoms with E-state index >= 15 is 0 Å². The number of aromatic nitrogens is 4. The zero-order valence-corrected chi connectivity index (χ0v) is 14.8. The minimum Gasteiger partial charge on any atom is -0.336 e. The maximum Gasteiger partial charge on any atom is 0.337 e. The van der Waals surface area contributed by atoms with Crippen LogP contribution in [0.3, 0.4) is 0 Å². The number of nitrogens with zero attached hydrogens (tertiary/aromatic N) is 3. The van der Waals surface area contributed by atoms with Crippen molar-refractivity contribution in [1.29, 1.82) is 0 Å². The van der Waals surface area contributed by atoms with Gasteiger partial charge in [0.1, 0.15) is 11.3 Å². The molecule has 0 aliphatic carbocycles. The molecule has 0 atom stereocenters. The number of halogens is 1. The van der Waals surface area contributed by atoms with Crippen LogP contribution in [0.25, 0.3) is 16.9 Å². The molecule has 126 valence electrons. The second-order valence-electron chi connectivity index (χ2n) is 6.08. The Labute approximate surface area is 143 Å². The van der Waals surface area contributed by atoms with E-state index in [0.717, 1.165) is 10.1 Å². The summed E-state index contributed by atoms with van der Waals surface area (Å²) in [6.45, 7) is 6.07. The monoisotopic (exact) mass is 346 g/mol. The van der Waals surface area contributed by atoms with Gasteiger partial charge < -0.3 is 4.98 Å². The van der Waals surface area contributed by atoms with E-state index in [-0.39, 0.29) is 0 Å². The Morgan fingerprint density at radius 2 is 2.00 bits per heavy atom. The Hall–Kier alpha value is -2.34. The van der Waals surface area contributed by atoms with E-state index in [4.69, 9.17) is 11.6 Å². The predicted octanol–water partition coefficient (Wildman–Crippen LogP) is 2.75. The molecular formula is C17H19ClN4O2. The van der Waals surface area contributed by atoms with Gasteiger partial charge in [-0.1, -0.05) is 38.4 Å². The molecule has 0 amide bonds. The molecule has 0 fully saturated rings. The summed E-state index contributed by atoms with van der Waals surface area (Å²) in [6, 6.07) is 5.57. The van der Waals surface area contributed by atoms with E-state index in [0.29, 0.717) is 40.0 Å². The van der Waals surface area contributed by atoms with E-state index in [2.05, 4.69) is 23.8 Å². The maximum absolute atomic E-state index is 12.7. The van der Waals surface area contributed by atoms with E-state index in [1.54, 1.807) is 6.07 Å². The van der Waals surface area contributed by atoms with Crippen molar-refractivity contribution in [2.45, 2.75) is 33.1 Å². The molecule has 0 unspecified atom stereocenters. The lowest BCUT2D eigenvalue weighted by atomic mass is 10.0. The fraction of sp³-hybridized carbons (Fsp3) is 0.353. The van der Waals surface area contributed by atoms with Crippen LogP contribution in [0.15, 0.2) is 27.8 Å². The highest BCUT2D eigenvalue weighted by Gasteiger charge is 2.18. The SMILES string of the molecule is CCc1nc2c([nH]1)c(=O)n(C)c(=O)n2-c1ccc(C(C)C)cc1Cl. The van der Waals surface area contributed by atoms with Crippen LogP contribution in [0.2, 0.25) is 5.02 Å². The van der Waals surface area contributed by atoms with Crippen LogP contribution in [0.1, 0.15) is 38.1 Å². The second kappa shape index (κ2) is 5.94. The molecule has 0 spiro atoms. The van der Waals surface area contributed by atoms with Crippen LogP contribution in [-0.4, -0.2) is 19.1 Å². The molecule has 2 aromatic heterocycles. The number of aryl methyl sites for hydroxylation is 1. The summed E-state index contributed by atoms with van der Waals surface area (Å²) in [6.07, 6.45) is 0.631. The molecule has 2 heterocycles. The maximum atomic E-state index is 12.7. The molecule has 0 saturated carbocycles. The normalized spacial score (nSPS) is 11.6. The van der Waals surface area contributed by atoms with Gasteiger partial charge in [0.2, 0.25) is 0 Å². The molecule has 0 aliphatic rings. The average Bonchev–Trinajstić information content (AvgIpc) is 2.98. The molecule has 0 aliphatic heterocycles. The quantitative estimate of drug-likeness (QED) is 0.792. The lowest BCUT2D eigenvalue weighted by Crippen LogP contribution is -2.37. The summed E-state index contributed by atoms with van der Waals surface area (Å²) in [4.78, 5) is 32.4. The van der Waals surface area contributed by atoms with E-state index in [1.807, 2.05) is 19.1 Å². The predicted molar refractivity (Wildman–Crippen MR) is 95.4 cm³/mol. The van der Waals surface area contributed by atoms with E-state index in [9.17, 15) is 9.59 Å². The van der Waals surface area contributed by atoms with E-state index < -0.39 is 11.2 Å². The van der Waals surface area contributed by atoms with Gasteiger partial charge in [-0.25, -0.2) is 14.3 Å². The topological polar surface area (TPSA) is 72.7 Å². The first-order chi connectivity index (χ1) is 11.3. The lowest BCUT2D eigenvalue weighted by Gasteiger charge is -2.13. The standard InChI is InChI=1S/C17H19ClN4O2/c1-5-13-19-14-15(20-13)22(17(24)21(4)16(14)23)12-7-6-10(9(2)3)8-11(12)18/h6-9H,5H2,1-4H3,(H,19,20). The van der Waals surface area contributed by atoms with Gasteiger partial charge in [-0.05, 0) is 23.6 Å². The Balaban J connectivity index is 2.40. The molecule has 0 saturated heterocycles. The Bertz CT molecular complexity index is 1040. The zero-order valence-electron chi connectivity index (χ0n) is 14.1. The number of hydrogen-bond donors (Lipinski definition) is 1. The number of hydrogen-bond acceptors (Lipinski definition) is 3. The molecule has 24 heavy (non-hydrogen) atoms. The minimum atomic E-state index is -0.471. The summed E-state index contributed by atoms with van der Waals surface area (Å²) < 4.78 is 2.45. The van der Waals surface area contributed by atoms with Crippen molar-refractivity contribution in [3.8, 4) is 5.69 Å². The van der Waals surface area contributed by atoms with Crippen molar-refractivity contribution in [3.63, 3.8) is 0 Å². The zero-order chi connectivity index (χ0) is 17.6. The Morgan fingerprint density at radius 1 is 1.29 bits per heavy atom. The number of H-pyrrole nitrogens is 1. The third-order valence-corrected chi connectivity index (χ3v) is 4.46. The number of nitrogens with one attached hydrogen (secondary N) is 1. The van der Waals surface area contributed by atoms with Crippen molar-refractivity contribution >= 4 is 22.8 Å². The average molecular weight is 347 g/mol. The van der Waals surface area contributed by atoms with Gasteiger partial charge in [0.25, 0.3) is 5.56 Å². The second-order valence-corrected chi connectivity index (χ2v) is 6.49. The summed E-state index contributed by atoms with van der Waals surface area (Å²) in [5.41, 5.74) is 1.33. The first-order valence-electron chi connectivity index (χ1n) is 7.85. The molecular weight excluding hydrogens is 328 g/mol. The number of benzene rings is 1. The van der Waals surface area contributed by atoms with Crippen molar-refractivity contribution in [2.75, 3.05) is 0 Å². The van der Waals surface area contributed by atoms with Crippen molar-refractivity contribution in [2.24, 2.45) is 7.05 Å². The molecule has 3 aromatic rings. The van der Waals surface area contributed by atoms with Gasteiger partial charge in [0.05, 0.1) is 10.7 Å². The fourth-order valence-corrected chi connectivity index (χ4v) is 2.94. The van der Waals surface area contributed by atoms with Crippen molar-refractivity contribution in [3.05, 3.63) is 55.4 Å². The van der Waals surface area contributed by atoms with E-state index in [1.165, 1.54) is 11.6 Å². The molecule has 3 rings (SSSR count). The molecule has 1 N–H and O–H groups in total. The van der Waals surface area contributed by atoms with Gasteiger partial charge in [-0.3, -0.25) is 9.36 Å². The van der Waals surface area contributed by atoms with Crippen LogP contribution < -0.4 is 11.2 Å². The van der Waals surface area contributed by atoms with Gasteiger partial charge in [-0.15, -0.1) is 0 Å². The number of imidazole rings is 1. The first kappa shape index (κ1) is 16.5. The highest BCUT2D eigenvalue weighted by atomic mass is 35.5. The highest BCUT2D eigenvalue weighted by molar-refractivity contribution is 6.32. The lowest BCUT2D eigenvalue weighted by molar-refractivity contribution is 0.748. The van der Waals surface area contributed by atoms with Gasteiger partial charge in [0, 0.05) is 13.5 Å². The van der Waals surface area contributed by atoms with Crippen LogP contribution in [0.5, 0.6) is 0 Å². The summed E-state index contributed by atoms with van der Waals surface area (Å²) in [5, 5.41) is 0.448. The summed E-state index contributed by atoms with van der Waals surface area (Å²) in [7, 11) is 1.45. The third kappa shape index (κ3) is 2.47. The molecule has 0 bridgehead atoms. The molecule has 1 aromatic carbocycles. The number of aromatic amines is 1. The molecule has 0 radical (unpaired) electrons.